The highest BCUT2D eigenvalue weighted by Crippen LogP contribution is 2.28. The Hall–Kier alpha value is -3.69. The van der Waals surface area contributed by atoms with Gasteiger partial charge < -0.3 is 5.32 Å². The second kappa shape index (κ2) is 7.62. The van der Waals surface area contributed by atoms with Gasteiger partial charge in [0.25, 0.3) is 0 Å². The molecule has 0 aromatic carbocycles. The van der Waals surface area contributed by atoms with Crippen molar-refractivity contribution in [2.45, 2.75) is 26.1 Å². The Morgan fingerprint density at radius 2 is 1.60 bits per heavy atom. The molecular formula is C20H16F3N7. The maximum Gasteiger partial charge on any atom is 0.451 e. The van der Waals surface area contributed by atoms with Crippen molar-refractivity contribution in [3.8, 4) is 11.4 Å². The van der Waals surface area contributed by atoms with Crippen molar-refractivity contribution in [2.75, 3.05) is 5.32 Å². The third-order valence-electron chi connectivity index (χ3n) is 4.43. The zero-order valence-corrected chi connectivity index (χ0v) is 16.0. The van der Waals surface area contributed by atoms with Gasteiger partial charge in [0.15, 0.2) is 5.82 Å². The molecule has 4 heterocycles. The van der Waals surface area contributed by atoms with E-state index in [1.807, 2.05) is 31.2 Å². The van der Waals surface area contributed by atoms with Gasteiger partial charge in [-0.2, -0.15) is 13.2 Å². The summed E-state index contributed by atoms with van der Waals surface area (Å²) in [5.41, 5.74) is 4.03. The molecule has 0 aliphatic heterocycles. The highest BCUT2D eigenvalue weighted by Gasteiger charge is 2.34. The zero-order valence-electron chi connectivity index (χ0n) is 16.0. The number of aryl methyl sites for hydroxylation is 1. The third-order valence-corrected chi connectivity index (χ3v) is 4.43. The summed E-state index contributed by atoms with van der Waals surface area (Å²) in [5.74, 6) is -0.732. The van der Waals surface area contributed by atoms with Gasteiger partial charge in [-0.1, -0.05) is 6.07 Å². The lowest BCUT2D eigenvalue weighted by Gasteiger charge is -2.16. The van der Waals surface area contributed by atoms with Crippen LogP contribution in [0.4, 0.5) is 19.0 Å². The molecule has 0 saturated heterocycles. The minimum absolute atomic E-state index is 0.409. The number of anilines is 1. The van der Waals surface area contributed by atoms with E-state index >= 15 is 0 Å². The summed E-state index contributed by atoms with van der Waals surface area (Å²) in [4.78, 5) is 24.3. The molecule has 30 heavy (non-hydrogen) atoms. The van der Waals surface area contributed by atoms with Crippen LogP contribution in [-0.2, 0) is 6.18 Å². The van der Waals surface area contributed by atoms with Crippen LogP contribution < -0.4 is 5.32 Å². The number of fused-ring (bicyclic) bond motifs is 1. The summed E-state index contributed by atoms with van der Waals surface area (Å²) < 4.78 is 38.0. The number of hydrogen-bond acceptors (Lipinski definition) is 7. The molecule has 1 atom stereocenters. The van der Waals surface area contributed by atoms with E-state index < -0.39 is 18.0 Å². The van der Waals surface area contributed by atoms with Crippen LogP contribution in [0.1, 0.15) is 29.9 Å². The molecular weight excluding hydrogens is 395 g/mol. The summed E-state index contributed by atoms with van der Waals surface area (Å²) in [7, 11) is 0. The first-order valence-corrected chi connectivity index (χ1v) is 9.02. The van der Waals surface area contributed by atoms with Crippen LogP contribution >= 0.6 is 0 Å². The minimum atomic E-state index is -4.58. The summed E-state index contributed by atoms with van der Waals surface area (Å²) in [6.45, 7) is 3.72. The molecule has 4 aromatic rings. The maximum atomic E-state index is 12.7. The van der Waals surface area contributed by atoms with Gasteiger partial charge in [0.05, 0.1) is 22.9 Å². The van der Waals surface area contributed by atoms with Gasteiger partial charge in [0, 0.05) is 24.2 Å². The molecule has 0 aliphatic rings. The number of hydrogen-bond donors (Lipinski definition) is 1. The van der Waals surface area contributed by atoms with Gasteiger partial charge in [0.2, 0.25) is 5.82 Å². The predicted octanol–water partition coefficient (Wildman–Crippen LogP) is 4.38. The molecule has 0 fully saturated rings. The highest BCUT2D eigenvalue weighted by molar-refractivity contribution is 5.86. The van der Waals surface area contributed by atoms with E-state index in [2.05, 4.69) is 35.2 Å². The Morgan fingerprint density at radius 3 is 2.27 bits per heavy atom. The van der Waals surface area contributed by atoms with Gasteiger partial charge in [-0.15, -0.1) is 0 Å². The molecule has 4 aromatic heterocycles. The van der Waals surface area contributed by atoms with E-state index in [0.717, 1.165) is 18.0 Å². The molecule has 0 amide bonds. The lowest BCUT2D eigenvalue weighted by atomic mass is 10.1. The van der Waals surface area contributed by atoms with Crippen molar-refractivity contribution in [2.24, 2.45) is 0 Å². The van der Waals surface area contributed by atoms with Crippen molar-refractivity contribution in [1.82, 2.24) is 29.9 Å². The monoisotopic (exact) mass is 411 g/mol. The molecule has 0 bridgehead atoms. The first-order valence-electron chi connectivity index (χ1n) is 9.02. The van der Waals surface area contributed by atoms with Gasteiger partial charge in [-0.05, 0) is 37.6 Å². The van der Waals surface area contributed by atoms with Gasteiger partial charge in [0.1, 0.15) is 11.8 Å². The van der Waals surface area contributed by atoms with Crippen LogP contribution in [0.5, 0.6) is 0 Å². The smallest absolute Gasteiger partial charge is 0.362 e. The number of rotatable bonds is 4. The Labute approximate surface area is 169 Å². The van der Waals surface area contributed by atoms with Crippen LogP contribution in [0.2, 0.25) is 0 Å². The van der Waals surface area contributed by atoms with Gasteiger partial charge in [-0.25, -0.2) is 24.9 Å². The van der Waals surface area contributed by atoms with Crippen LogP contribution in [-0.4, -0.2) is 29.9 Å². The average Bonchev–Trinajstić information content (AvgIpc) is 2.74. The summed E-state index contributed by atoms with van der Waals surface area (Å²) in [5, 5.41) is 3.15. The first kappa shape index (κ1) is 19.6. The van der Waals surface area contributed by atoms with Crippen molar-refractivity contribution in [3.63, 3.8) is 0 Å². The van der Waals surface area contributed by atoms with E-state index in [-0.39, 0.29) is 0 Å². The molecule has 10 heteroatoms. The molecule has 0 aliphatic carbocycles. The Kier molecular flexibility index (Phi) is 4.98. The fraction of sp³-hybridized carbons (Fsp3) is 0.200. The maximum absolute atomic E-state index is 12.7. The lowest BCUT2D eigenvalue weighted by Crippen LogP contribution is -2.14. The number of aromatic nitrogens is 6. The number of pyridine rings is 2. The Bertz CT molecular complexity index is 1180. The van der Waals surface area contributed by atoms with E-state index in [4.69, 9.17) is 0 Å². The highest BCUT2D eigenvalue weighted by atomic mass is 19.4. The molecule has 0 spiro atoms. The van der Waals surface area contributed by atoms with Crippen LogP contribution in [0, 0.1) is 6.92 Å². The molecule has 4 rings (SSSR count). The lowest BCUT2D eigenvalue weighted by molar-refractivity contribution is -0.145. The largest absolute Gasteiger partial charge is 0.451 e. The molecule has 1 N–H and O–H groups in total. The van der Waals surface area contributed by atoms with E-state index in [1.54, 1.807) is 13.1 Å². The minimum Gasteiger partial charge on any atom is -0.362 e. The second-order valence-corrected chi connectivity index (χ2v) is 6.71. The molecule has 0 radical (unpaired) electrons. The van der Waals surface area contributed by atoms with E-state index in [9.17, 15) is 13.2 Å². The fourth-order valence-corrected chi connectivity index (χ4v) is 2.80. The number of nitrogens with one attached hydrogen (secondary N) is 1. The first-order chi connectivity index (χ1) is 14.3. The molecule has 0 unspecified atom stereocenters. The summed E-state index contributed by atoms with van der Waals surface area (Å²) in [6, 6.07) is 7.06. The van der Waals surface area contributed by atoms with Crippen molar-refractivity contribution in [1.29, 1.82) is 0 Å². The van der Waals surface area contributed by atoms with E-state index in [1.165, 1.54) is 6.33 Å². The molecule has 7 nitrogen and oxygen atoms in total. The van der Waals surface area contributed by atoms with Crippen molar-refractivity contribution >= 4 is 16.9 Å². The third kappa shape index (κ3) is 4.02. The number of alkyl halides is 3. The molecule has 0 saturated carbocycles. The number of halogens is 3. The van der Waals surface area contributed by atoms with Gasteiger partial charge >= 0.3 is 6.18 Å². The van der Waals surface area contributed by atoms with E-state index in [0.29, 0.717) is 33.8 Å². The van der Waals surface area contributed by atoms with Crippen molar-refractivity contribution < 1.29 is 13.2 Å². The van der Waals surface area contributed by atoms with Crippen molar-refractivity contribution in [3.05, 3.63) is 66.1 Å². The molecule has 152 valence electrons. The fourth-order valence-electron chi connectivity index (χ4n) is 2.80. The summed E-state index contributed by atoms with van der Waals surface area (Å²) in [6.07, 6.45) is 0.862. The predicted molar refractivity (Wildman–Crippen MR) is 104 cm³/mol. The average molecular weight is 411 g/mol. The van der Waals surface area contributed by atoms with Crippen LogP contribution in [0.3, 0.4) is 0 Å². The Balaban J connectivity index is 1.65. The Morgan fingerprint density at radius 1 is 0.867 bits per heavy atom. The van der Waals surface area contributed by atoms with Crippen LogP contribution in [0.25, 0.3) is 22.4 Å². The normalized spacial score (nSPS) is 12.7. The van der Waals surface area contributed by atoms with Gasteiger partial charge in [-0.3, -0.25) is 4.98 Å². The summed E-state index contributed by atoms with van der Waals surface area (Å²) >= 11 is 0. The quantitative estimate of drug-likeness (QED) is 0.533. The SMILES string of the molecule is Cc1ccc(-c2ccc3ncnc(N[C@H](C)c4cnc(C(F)(F)F)nc4)c3n2)nc1. The van der Waals surface area contributed by atoms with Crippen LogP contribution in [0.15, 0.2) is 49.2 Å². The number of nitrogens with zero attached hydrogens (tertiary/aromatic N) is 6. The standard InChI is InChI=1S/C20H16F3N7/c1-11-3-4-14(24-7-11)15-5-6-16-17(30-15)18(28-10-27-16)29-12(2)13-8-25-19(26-9-13)20(21,22)23/h3-10,12H,1-2H3,(H,27,28,29)/t12-/m1/s1. The second-order valence-electron chi connectivity index (χ2n) is 6.71. The zero-order chi connectivity index (χ0) is 21.3. The topological polar surface area (TPSA) is 89.4 Å².